The smallest absolute Gasteiger partial charge is 0.193 e. The van der Waals surface area contributed by atoms with Crippen LogP contribution < -0.4 is 5.32 Å². The van der Waals surface area contributed by atoms with Crippen LogP contribution in [0, 0.1) is 0 Å². The van der Waals surface area contributed by atoms with Crippen LogP contribution in [0.1, 0.15) is 48.1 Å². The summed E-state index contributed by atoms with van der Waals surface area (Å²) in [6, 6.07) is 12.6. The van der Waals surface area contributed by atoms with Crippen LogP contribution in [0.2, 0.25) is 5.22 Å². The van der Waals surface area contributed by atoms with Gasteiger partial charge >= 0.3 is 0 Å². The Morgan fingerprint density at radius 2 is 1.89 bits per heavy atom. The summed E-state index contributed by atoms with van der Waals surface area (Å²) in [4.78, 5) is 0. The molecule has 1 N–H and O–H groups in total. The first-order valence-corrected chi connectivity index (χ1v) is 7.18. The number of rotatable bonds is 4. The van der Waals surface area contributed by atoms with Gasteiger partial charge in [0.25, 0.3) is 0 Å². The summed E-state index contributed by atoms with van der Waals surface area (Å²) in [6.45, 7) is 0. The zero-order chi connectivity index (χ0) is 13.2. The van der Waals surface area contributed by atoms with E-state index in [0.29, 0.717) is 5.22 Å². The summed E-state index contributed by atoms with van der Waals surface area (Å²) in [7, 11) is 1.93. The van der Waals surface area contributed by atoms with E-state index in [2.05, 4.69) is 29.6 Å². The minimum Gasteiger partial charge on any atom is -0.448 e. The highest BCUT2D eigenvalue weighted by molar-refractivity contribution is 6.28. The van der Waals surface area contributed by atoms with Gasteiger partial charge in [-0.15, -0.1) is 0 Å². The number of nitrogens with one attached hydrogen (secondary N) is 1. The van der Waals surface area contributed by atoms with E-state index in [4.69, 9.17) is 16.0 Å². The standard InChI is InChI=1S/C16H18ClNO/c1-18-16(14-9-10-15(17)19-14)13-7-5-12(6-8-13)11-3-2-4-11/h5-11,16,18H,2-4H2,1H3. The van der Waals surface area contributed by atoms with Crippen molar-refractivity contribution in [3.63, 3.8) is 0 Å². The molecular formula is C16H18ClNO. The molecule has 3 heteroatoms. The van der Waals surface area contributed by atoms with Crippen molar-refractivity contribution in [2.75, 3.05) is 7.05 Å². The van der Waals surface area contributed by atoms with Crippen LogP contribution in [0.15, 0.2) is 40.8 Å². The van der Waals surface area contributed by atoms with E-state index in [9.17, 15) is 0 Å². The molecule has 1 heterocycles. The first kappa shape index (κ1) is 12.8. The second-order valence-corrected chi connectivity index (χ2v) is 5.53. The van der Waals surface area contributed by atoms with E-state index >= 15 is 0 Å². The van der Waals surface area contributed by atoms with Crippen molar-refractivity contribution in [1.29, 1.82) is 0 Å². The van der Waals surface area contributed by atoms with Gasteiger partial charge in [0.05, 0.1) is 6.04 Å². The van der Waals surface area contributed by atoms with Crippen LogP contribution in [0.3, 0.4) is 0 Å². The number of benzene rings is 1. The highest BCUT2D eigenvalue weighted by atomic mass is 35.5. The molecule has 1 aliphatic rings. The van der Waals surface area contributed by atoms with Crippen molar-refractivity contribution in [3.8, 4) is 0 Å². The number of hydrogen-bond acceptors (Lipinski definition) is 2. The van der Waals surface area contributed by atoms with E-state index in [0.717, 1.165) is 11.7 Å². The van der Waals surface area contributed by atoms with E-state index in [1.807, 2.05) is 13.1 Å². The third kappa shape index (κ3) is 2.56. The van der Waals surface area contributed by atoms with Gasteiger partial charge in [-0.05, 0) is 60.7 Å². The summed E-state index contributed by atoms with van der Waals surface area (Å²) < 4.78 is 5.50. The molecule has 1 atom stereocenters. The fourth-order valence-electron chi connectivity index (χ4n) is 2.66. The normalized spacial score (nSPS) is 17.2. The molecule has 0 saturated heterocycles. The van der Waals surface area contributed by atoms with Crippen molar-refractivity contribution in [2.45, 2.75) is 31.2 Å². The first-order valence-electron chi connectivity index (χ1n) is 6.80. The molecule has 1 aromatic heterocycles. The third-order valence-corrected chi connectivity index (χ3v) is 4.22. The summed E-state index contributed by atoms with van der Waals surface area (Å²) in [6.07, 6.45) is 4.04. The molecule has 2 nitrogen and oxygen atoms in total. The van der Waals surface area contributed by atoms with Gasteiger partial charge in [-0.25, -0.2) is 0 Å². The maximum absolute atomic E-state index is 5.85. The van der Waals surface area contributed by atoms with Gasteiger partial charge in [0, 0.05) is 0 Å². The number of hydrogen-bond donors (Lipinski definition) is 1. The predicted octanol–water partition coefficient (Wildman–Crippen LogP) is 4.51. The van der Waals surface area contributed by atoms with Gasteiger partial charge in [-0.3, -0.25) is 0 Å². The van der Waals surface area contributed by atoms with E-state index in [1.54, 1.807) is 6.07 Å². The average Bonchev–Trinajstić information content (AvgIpc) is 2.77. The number of furan rings is 1. The zero-order valence-corrected chi connectivity index (χ0v) is 11.8. The highest BCUT2D eigenvalue weighted by Crippen LogP contribution is 2.37. The quantitative estimate of drug-likeness (QED) is 0.888. The monoisotopic (exact) mass is 275 g/mol. The SMILES string of the molecule is CNC(c1ccc(C2CCC2)cc1)c1ccc(Cl)o1. The topological polar surface area (TPSA) is 25.2 Å². The van der Waals surface area contributed by atoms with Crippen molar-refractivity contribution >= 4 is 11.6 Å². The van der Waals surface area contributed by atoms with Crippen LogP contribution in [0.5, 0.6) is 0 Å². The molecule has 1 aromatic carbocycles. The maximum atomic E-state index is 5.85. The van der Waals surface area contributed by atoms with Gasteiger partial charge in [0.1, 0.15) is 5.76 Å². The lowest BCUT2D eigenvalue weighted by Crippen LogP contribution is -2.17. The lowest BCUT2D eigenvalue weighted by Gasteiger charge is -2.26. The van der Waals surface area contributed by atoms with Crippen molar-refractivity contribution < 1.29 is 4.42 Å². The summed E-state index contributed by atoms with van der Waals surface area (Å²) in [5.74, 6) is 1.63. The predicted molar refractivity (Wildman–Crippen MR) is 77.7 cm³/mol. The molecule has 2 aromatic rings. The fraction of sp³-hybridized carbons (Fsp3) is 0.375. The van der Waals surface area contributed by atoms with Crippen molar-refractivity contribution in [2.24, 2.45) is 0 Å². The van der Waals surface area contributed by atoms with Gasteiger partial charge < -0.3 is 9.73 Å². The van der Waals surface area contributed by atoms with E-state index in [-0.39, 0.29) is 6.04 Å². The first-order chi connectivity index (χ1) is 9.28. The van der Waals surface area contributed by atoms with Crippen LogP contribution in [-0.4, -0.2) is 7.05 Å². The lowest BCUT2D eigenvalue weighted by atomic mass is 9.80. The fourth-order valence-corrected chi connectivity index (χ4v) is 2.81. The largest absolute Gasteiger partial charge is 0.448 e. The van der Waals surface area contributed by atoms with Crippen LogP contribution in [-0.2, 0) is 0 Å². The minimum absolute atomic E-state index is 0.0583. The number of halogens is 1. The molecule has 1 fully saturated rings. The maximum Gasteiger partial charge on any atom is 0.193 e. The van der Waals surface area contributed by atoms with Crippen molar-refractivity contribution in [3.05, 3.63) is 58.5 Å². The lowest BCUT2D eigenvalue weighted by molar-refractivity contribution is 0.419. The summed E-state index contributed by atoms with van der Waals surface area (Å²) in [5, 5.41) is 3.70. The molecule has 100 valence electrons. The Balaban J connectivity index is 1.83. The molecule has 1 aliphatic carbocycles. The van der Waals surface area contributed by atoms with Gasteiger partial charge in [-0.1, -0.05) is 30.7 Å². The molecule has 1 unspecified atom stereocenters. The second kappa shape index (κ2) is 5.40. The Bertz CT molecular complexity index is 542. The average molecular weight is 276 g/mol. The Hall–Kier alpha value is -1.25. The molecule has 0 bridgehead atoms. The van der Waals surface area contributed by atoms with Crippen LogP contribution in [0.4, 0.5) is 0 Å². The molecule has 0 spiro atoms. The Morgan fingerprint density at radius 3 is 2.37 bits per heavy atom. The Kier molecular flexibility index (Phi) is 3.63. The second-order valence-electron chi connectivity index (χ2n) is 5.16. The molecule has 0 amide bonds. The van der Waals surface area contributed by atoms with Gasteiger partial charge in [0.15, 0.2) is 5.22 Å². The van der Waals surface area contributed by atoms with E-state index < -0.39 is 0 Å². The molecule has 3 rings (SSSR count). The van der Waals surface area contributed by atoms with Crippen LogP contribution >= 0.6 is 11.6 Å². The van der Waals surface area contributed by atoms with Crippen LogP contribution in [0.25, 0.3) is 0 Å². The zero-order valence-electron chi connectivity index (χ0n) is 11.0. The van der Waals surface area contributed by atoms with Gasteiger partial charge in [0.2, 0.25) is 0 Å². The molecule has 0 radical (unpaired) electrons. The minimum atomic E-state index is 0.0583. The molecular weight excluding hydrogens is 258 g/mol. The summed E-state index contributed by atoms with van der Waals surface area (Å²) >= 11 is 5.85. The molecule has 1 saturated carbocycles. The van der Waals surface area contributed by atoms with E-state index in [1.165, 1.54) is 30.4 Å². The summed E-state index contributed by atoms with van der Waals surface area (Å²) in [5.41, 5.74) is 2.67. The molecule has 19 heavy (non-hydrogen) atoms. The highest BCUT2D eigenvalue weighted by Gasteiger charge is 2.20. The van der Waals surface area contributed by atoms with Gasteiger partial charge in [-0.2, -0.15) is 0 Å². The third-order valence-electron chi connectivity index (χ3n) is 4.01. The Morgan fingerprint density at radius 1 is 1.16 bits per heavy atom. The molecule has 0 aliphatic heterocycles. The van der Waals surface area contributed by atoms with Crippen molar-refractivity contribution in [1.82, 2.24) is 5.32 Å². The Labute approximate surface area is 118 Å².